The molecule has 0 aliphatic rings. The van der Waals surface area contributed by atoms with Crippen LogP contribution in [-0.4, -0.2) is 37.1 Å². The Hall–Kier alpha value is -3.59. The Morgan fingerprint density at radius 1 is 1.18 bits per heavy atom. The highest BCUT2D eigenvalue weighted by molar-refractivity contribution is 7.00. The fraction of sp³-hybridized carbons (Fsp3) is 0.292. The van der Waals surface area contributed by atoms with Gasteiger partial charge in [0, 0.05) is 24.3 Å². The molecule has 4 aromatic rings. The van der Waals surface area contributed by atoms with Gasteiger partial charge < -0.3 is 20.8 Å². The molecular formula is C24H27N7OS. The van der Waals surface area contributed by atoms with Crippen molar-refractivity contribution < 1.29 is 4.74 Å². The van der Waals surface area contributed by atoms with Crippen LogP contribution in [0.1, 0.15) is 39.0 Å². The van der Waals surface area contributed by atoms with Gasteiger partial charge in [0.2, 0.25) is 5.88 Å². The highest BCUT2D eigenvalue weighted by Crippen LogP contribution is 2.35. The molecule has 0 unspecified atom stereocenters. The Morgan fingerprint density at radius 3 is 2.79 bits per heavy atom. The summed E-state index contributed by atoms with van der Waals surface area (Å²) in [6.07, 6.45) is 1.70. The predicted molar refractivity (Wildman–Crippen MR) is 135 cm³/mol. The molecule has 170 valence electrons. The number of benzene rings is 1. The number of nitrogens with zero attached hydrogens (tertiary/aromatic N) is 4. The number of pyridine rings is 2. The molecular weight excluding hydrogens is 434 g/mol. The summed E-state index contributed by atoms with van der Waals surface area (Å²) in [5, 5.41) is 15.4. The van der Waals surface area contributed by atoms with Crippen molar-refractivity contribution in [2.24, 2.45) is 0 Å². The molecule has 0 radical (unpaired) electrons. The first kappa shape index (κ1) is 22.6. The lowest BCUT2D eigenvalue weighted by atomic mass is 10.1. The third kappa shape index (κ3) is 4.93. The van der Waals surface area contributed by atoms with Crippen LogP contribution < -0.4 is 15.4 Å². The summed E-state index contributed by atoms with van der Waals surface area (Å²) >= 11 is 1.21. The van der Waals surface area contributed by atoms with E-state index in [9.17, 15) is 0 Å². The summed E-state index contributed by atoms with van der Waals surface area (Å²) in [6, 6.07) is 11.9. The summed E-state index contributed by atoms with van der Waals surface area (Å²) in [4.78, 5) is 9.20. The molecule has 0 atom stereocenters. The Bertz CT molecular complexity index is 1290. The summed E-state index contributed by atoms with van der Waals surface area (Å²) in [5.74, 6) is 0.523. The number of ether oxygens (including phenoxy) is 1. The van der Waals surface area contributed by atoms with Gasteiger partial charge in [-0.15, -0.1) is 0 Å². The molecule has 0 aliphatic carbocycles. The first-order chi connectivity index (χ1) is 16.0. The van der Waals surface area contributed by atoms with Gasteiger partial charge in [-0.3, -0.25) is 0 Å². The largest absolute Gasteiger partial charge is 0.477 e. The first-order valence-electron chi connectivity index (χ1n) is 10.9. The van der Waals surface area contributed by atoms with Crippen molar-refractivity contribution in [1.29, 1.82) is 5.41 Å². The Balaban J connectivity index is 1.81. The predicted octanol–water partition coefficient (Wildman–Crippen LogP) is 5.37. The van der Waals surface area contributed by atoms with Crippen molar-refractivity contribution in [3.63, 3.8) is 0 Å². The number of fused-ring (bicyclic) bond motifs is 1. The van der Waals surface area contributed by atoms with E-state index >= 15 is 0 Å². The number of anilines is 2. The lowest BCUT2D eigenvalue weighted by Gasteiger charge is -2.21. The summed E-state index contributed by atoms with van der Waals surface area (Å²) in [5.41, 5.74) is 6.93. The van der Waals surface area contributed by atoms with Gasteiger partial charge in [0.05, 0.1) is 46.7 Å². The molecule has 0 saturated carbocycles. The topological polar surface area (TPSA) is 109 Å². The van der Waals surface area contributed by atoms with Crippen LogP contribution in [0.5, 0.6) is 5.88 Å². The average molecular weight is 462 g/mol. The summed E-state index contributed by atoms with van der Waals surface area (Å²) in [6.45, 7) is 8.87. The average Bonchev–Trinajstić information content (AvgIpc) is 3.28. The van der Waals surface area contributed by atoms with Gasteiger partial charge in [-0.25, -0.2) is 9.97 Å². The van der Waals surface area contributed by atoms with E-state index < -0.39 is 0 Å². The Labute approximate surface area is 197 Å². The maximum absolute atomic E-state index is 8.40. The van der Waals surface area contributed by atoms with Crippen molar-refractivity contribution in [3.05, 3.63) is 53.9 Å². The SMILES string of the molecule is CCOc1ncccc1-c1cc(NCc2cccc3nsnc23)c(NC(C)C)c(C(C)=N)n1. The minimum absolute atomic E-state index is 0.167. The number of nitrogens with one attached hydrogen (secondary N) is 3. The van der Waals surface area contributed by atoms with Crippen molar-refractivity contribution in [2.45, 2.75) is 40.3 Å². The third-order valence-corrected chi connectivity index (χ3v) is 5.52. The van der Waals surface area contributed by atoms with E-state index in [0.717, 1.165) is 33.5 Å². The summed E-state index contributed by atoms with van der Waals surface area (Å²) < 4.78 is 14.5. The zero-order chi connectivity index (χ0) is 23.4. The molecule has 0 bridgehead atoms. The molecule has 0 amide bonds. The molecule has 1 aromatic carbocycles. The van der Waals surface area contributed by atoms with E-state index in [1.807, 2.05) is 43.3 Å². The molecule has 8 nitrogen and oxygen atoms in total. The zero-order valence-corrected chi connectivity index (χ0v) is 20.0. The second kappa shape index (κ2) is 9.91. The van der Waals surface area contributed by atoms with Crippen molar-refractivity contribution >= 4 is 39.8 Å². The molecule has 9 heteroatoms. The molecule has 4 rings (SSSR count). The normalized spacial score (nSPS) is 11.1. The summed E-state index contributed by atoms with van der Waals surface area (Å²) in [7, 11) is 0. The van der Waals surface area contributed by atoms with Crippen LogP contribution in [0.4, 0.5) is 11.4 Å². The van der Waals surface area contributed by atoms with E-state index in [4.69, 9.17) is 15.1 Å². The number of hydrogen-bond acceptors (Lipinski definition) is 9. The van der Waals surface area contributed by atoms with Crippen LogP contribution >= 0.6 is 11.7 Å². The van der Waals surface area contributed by atoms with E-state index in [2.05, 4.69) is 38.2 Å². The van der Waals surface area contributed by atoms with Gasteiger partial charge >= 0.3 is 0 Å². The highest BCUT2D eigenvalue weighted by Gasteiger charge is 2.19. The van der Waals surface area contributed by atoms with Gasteiger partial charge in [-0.2, -0.15) is 8.75 Å². The minimum atomic E-state index is 0.167. The molecule has 0 aliphatic heterocycles. The van der Waals surface area contributed by atoms with Gasteiger partial charge in [-0.05, 0) is 52.0 Å². The van der Waals surface area contributed by atoms with Gasteiger partial charge in [0.1, 0.15) is 16.7 Å². The van der Waals surface area contributed by atoms with Crippen LogP contribution in [0.15, 0.2) is 42.6 Å². The van der Waals surface area contributed by atoms with Crippen LogP contribution in [0, 0.1) is 5.41 Å². The van der Waals surface area contributed by atoms with E-state index in [0.29, 0.717) is 36.1 Å². The molecule has 0 fully saturated rings. The van der Waals surface area contributed by atoms with Gasteiger partial charge in [0.15, 0.2) is 0 Å². The number of aromatic nitrogens is 4. The Kier molecular flexibility index (Phi) is 6.79. The van der Waals surface area contributed by atoms with Gasteiger partial charge in [-0.1, -0.05) is 12.1 Å². The lowest BCUT2D eigenvalue weighted by Crippen LogP contribution is -2.17. The van der Waals surface area contributed by atoms with E-state index in [1.54, 1.807) is 13.1 Å². The second-order valence-electron chi connectivity index (χ2n) is 7.89. The zero-order valence-electron chi connectivity index (χ0n) is 19.1. The molecule has 3 N–H and O–H groups in total. The van der Waals surface area contributed by atoms with Crippen molar-refractivity contribution in [2.75, 3.05) is 17.2 Å². The minimum Gasteiger partial charge on any atom is -0.477 e. The van der Waals surface area contributed by atoms with Crippen molar-refractivity contribution in [3.8, 4) is 17.1 Å². The fourth-order valence-electron chi connectivity index (χ4n) is 3.56. The molecule has 3 heterocycles. The smallest absolute Gasteiger partial charge is 0.222 e. The quantitative estimate of drug-likeness (QED) is 0.288. The monoisotopic (exact) mass is 461 g/mol. The van der Waals surface area contributed by atoms with E-state index in [-0.39, 0.29) is 6.04 Å². The fourth-order valence-corrected chi connectivity index (χ4v) is 4.13. The molecule has 0 spiro atoms. The van der Waals surface area contributed by atoms with Crippen molar-refractivity contribution in [1.82, 2.24) is 18.7 Å². The molecule has 0 saturated heterocycles. The lowest BCUT2D eigenvalue weighted by molar-refractivity contribution is 0.328. The van der Waals surface area contributed by atoms with Crippen LogP contribution in [-0.2, 0) is 6.54 Å². The maximum Gasteiger partial charge on any atom is 0.222 e. The van der Waals surface area contributed by atoms with E-state index in [1.165, 1.54) is 11.7 Å². The third-order valence-electron chi connectivity index (χ3n) is 4.97. The van der Waals surface area contributed by atoms with Crippen LogP contribution in [0.25, 0.3) is 22.3 Å². The van der Waals surface area contributed by atoms with Crippen LogP contribution in [0.2, 0.25) is 0 Å². The second-order valence-corrected chi connectivity index (χ2v) is 8.42. The highest BCUT2D eigenvalue weighted by atomic mass is 32.1. The number of rotatable bonds is 9. The first-order valence-corrected chi connectivity index (χ1v) is 11.6. The Morgan fingerprint density at radius 2 is 2.03 bits per heavy atom. The number of hydrogen-bond donors (Lipinski definition) is 3. The van der Waals surface area contributed by atoms with Gasteiger partial charge in [0.25, 0.3) is 0 Å². The maximum atomic E-state index is 8.40. The van der Waals surface area contributed by atoms with Crippen LogP contribution in [0.3, 0.4) is 0 Å². The molecule has 33 heavy (non-hydrogen) atoms. The molecule has 3 aromatic heterocycles. The standard InChI is InChI=1S/C24H27N7OS/c1-5-32-24-17(9-7-11-26-24)19-12-20(23(28-14(2)3)21(29-19)15(4)25)27-13-16-8-6-10-18-22(16)31-33-30-18/h6-12,14,25,28H,5,13H2,1-4H3,(H,27,29).